The zero-order valence-electron chi connectivity index (χ0n) is 9.36. The Balaban J connectivity index is 2.21. The first-order valence-corrected chi connectivity index (χ1v) is 5.17. The van der Waals surface area contributed by atoms with E-state index in [0.717, 1.165) is 11.1 Å². The molecular weight excluding hydrogens is 202 g/mol. The summed E-state index contributed by atoms with van der Waals surface area (Å²) in [6.45, 7) is 4.36. The summed E-state index contributed by atoms with van der Waals surface area (Å²) in [7, 11) is 0. The second-order valence-electron chi connectivity index (χ2n) is 4.03. The van der Waals surface area contributed by atoms with Crippen LogP contribution in [-0.4, -0.2) is 16.7 Å². The minimum atomic E-state index is -0.232. The van der Waals surface area contributed by atoms with Crippen LogP contribution >= 0.6 is 0 Å². The van der Waals surface area contributed by atoms with Crippen molar-refractivity contribution in [1.82, 2.24) is 4.90 Å². The van der Waals surface area contributed by atoms with Crippen molar-refractivity contribution in [2.75, 3.05) is 0 Å². The molecule has 1 aromatic rings. The molecule has 0 radical (unpaired) electrons. The van der Waals surface area contributed by atoms with E-state index in [0.29, 0.717) is 6.54 Å². The smallest absolute Gasteiger partial charge is 0.253 e. The predicted molar refractivity (Wildman–Crippen MR) is 60.6 cm³/mol. The van der Waals surface area contributed by atoms with Crippen LogP contribution in [-0.2, 0) is 16.1 Å². The lowest BCUT2D eigenvalue weighted by Gasteiger charge is -2.15. The summed E-state index contributed by atoms with van der Waals surface area (Å²) < 4.78 is 0. The van der Waals surface area contributed by atoms with Crippen molar-refractivity contribution in [2.45, 2.75) is 20.4 Å². The van der Waals surface area contributed by atoms with Gasteiger partial charge in [-0.05, 0) is 25.0 Å². The van der Waals surface area contributed by atoms with Crippen molar-refractivity contribution in [2.24, 2.45) is 0 Å². The molecule has 0 unspecified atom stereocenters. The molecule has 0 spiro atoms. The van der Waals surface area contributed by atoms with Crippen LogP contribution < -0.4 is 0 Å². The van der Waals surface area contributed by atoms with Gasteiger partial charge in [0.25, 0.3) is 11.8 Å². The van der Waals surface area contributed by atoms with Crippen LogP contribution in [0.2, 0.25) is 0 Å². The quantitative estimate of drug-likeness (QED) is 0.704. The van der Waals surface area contributed by atoms with E-state index < -0.39 is 0 Å². The minimum absolute atomic E-state index is 0.232. The predicted octanol–water partition coefficient (Wildman–Crippen LogP) is 1.73. The number of amides is 2. The Bertz CT molecular complexity index is 471. The van der Waals surface area contributed by atoms with Crippen LogP contribution in [0.25, 0.3) is 0 Å². The summed E-state index contributed by atoms with van der Waals surface area (Å²) in [5.74, 6) is -0.463. The van der Waals surface area contributed by atoms with Gasteiger partial charge in [0.2, 0.25) is 0 Å². The highest BCUT2D eigenvalue weighted by atomic mass is 16.2. The van der Waals surface area contributed by atoms with Gasteiger partial charge in [-0.3, -0.25) is 14.5 Å². The molecule has 2 rings (SSSR count). The molecule has 1 aromatic carbocycles. The maximum atomic E-state index is 11.4. The van der Waals surface area contributed by atoms with Gasteiger partial charge in [-0.1, -0.05) is 23.8 Å². The van der Waals surface area contributed by atoms with Gasteiger partial charge in [0.15, 0.2) is 0 Å². The van der Waals surface area contributed by atoms with Gasteiger partial charge >= 0.3 is 0 Å². The zero-order valence-corrected chi connectivity index (χ0v) is 9.36. The van der Waals surface area contributed by atoms with E-state index in [1.807, 2.05) is 32.0 Å². The van der Waals surface area contributed by atoms with E-state index in [9.17, 15) is 9.59 Å². The van der Waals surface area contributed by atoms with Gasteiger partial charge in [0, 0.05) is 12.2 Å². The Morgan fingerprint density at radius 2 is 1.69 bits per heavy atom. The van der Waals surface area contributed by atoms with E-state index in [-0.39, 0.29) is 11.8 Å². The van der Waals surface area contributed by atoms with Crippen molar-refractivity contribution >= 4 is 11.8 Å². The number of hydrogen-bond acceptors (Lipinski definition) is 2. The van der Waals surface area contributed by atoms with Gasteiger partial charge in [-0.2, -0.15) is 0 Å². The Morgan fingerprint density at radius 3 is 2.25 bits per heavy atom. The lowest BCUT2D eigenvalue weighted by Crippen LogP contribution is -2.29. The molecule has 82 valence electrons. The molecule has 0 saturated carbocycles. The van der Waals surface area contributed by atoms with Crippen LogP contribution in [0, 0.1) is 13.8 Å². The van der Waals surface area contributed by atoms with E-state index in [4.69, 9.17) is 0 Å². The fourth-order valence-electron chi connectivity index (χ4n) is 1.78. The minimum Gasteiger partial charge on any atom is -0.271 e. The topological polar surface area (TPSA) is 37.4 Å². The maximum Gasteiger partial charge on any atom is 0.253 e. The molecule has 3 nitrogen and oxygen atoms in total. The van der Waals surface area contributed by atoms with E-state index in [2.05, 4.69) is 0 Å². The van der Waals surface area contributed by atoms with Gasteiger partial charge in [0.1, 0.15) is 0 Å². The summed E-state index contributed by atoms with van der Waals surface area (Å²) >= 11 is 0. The average Bonchev–Trinajstić information content (AvgIpc) is 2.53. The summed E-state index contributed by atoms with van der Waals surface area (Å²) in [6, 6.07) is 6.00. The highest BCUT2D eigenvalue weighted by Gasteiger charge is 2.23. The fraction of sp³-hybridized carbons (Fsp3) is 0.231. The maximum absolute atomic E-state index is 11.4. The molecule has 0 bridgehead atoms. The molecule has 1 aliphatic rings. The molecule has 0 fully saturated rings. The monoisotopic (exact) mass is 215 g/mol. The molecule has 0 atom stereocenters. The number of rotatable bonds is 2. The van der Waals surface area contributed by atoms with Crippen LogP contribution in [0.4, 0.5) is 0 Å². The van der Waals surface area contributed by atoms with Crippen molar-refractivity contribution in [3.63, 3.8) is 0 Å². The lowest BCUT2D eigenvalue weighted by atomic mass is 10.1. The first kappa shape index (κ1) is 10.6. The van der Waals surface area contributed by atoms with Crippen molar-refractivity contribution in [3.8, 4) is 0 Å². The van der Waals surface area contributed by atoms with Crippen LogP contribution in [0.3, 0.4) is 0 Å². The largest absolute Gasteiger partial charge is 0.271 e. The first-order valence-electron chi connectivity index (χ1n) is 5.17. The Labute approximate surface area is 94.4 Å². The molecule has 2 amide bonds. The van der Waals surface area contributed by atoms with Crippen LogP contribution in [0.1, 0.15) is 16.7 Å². The number of hydrogen-bond donors (Lipinski definition) is 0. The Hall–Kier alpha value is -1.90. The van der Waals surface area contributed by atoms with Crippen molar-refractivity contribution < 1.29 is 9.59 Å². The highest BCUT2D eigenvalue weighted by Crippen LogP contribution is 2.15. The third-order valence-electron chi connectivity index (χ3n) is 2.73. The number of imide groups is 1. The number of aryl methyl sites for hydroxylation is 2. The number of carbonyl (C=O) groups excluding carboxylic acids is 2. The van der Waals surface area contributed by atoms with E-state index >= 15 is 0 Å². The molecule has 1 aliphatic heterocycles. The molecule has 3 heteroatoms. The summed E-state index contributed by atoms with van der Waals surface area (Å²) in [6.07, 6.45) is 2.62. The summed E-state index contributed by atoms with van der Waals surface area (Å²) in [5.41, 5.74) is 3.29. The lowest BCUT2D eigenvalue weighted by molar-refractivity contribution is -0.137. The van der Waals surface area contributed by atoms with E-state index in [1.165, 1.54) is 22.6 Å². The number of benzene rings is 1. The van der Waals surface area contributed by atoms with Crippen LogP contribution in [0.5, 0.6) is 0 Å². The standard InChI is InChI=1S/C13H13NO2/c1-9-3-4-11(10(2)7-9)8-14-12(15)5-6-13(14)16/h3-7H,8H2,1-2H3. The molecule has 1 heterocycles. The Kier molecular flexibility index (Phi) is 2.60. The molecule has 0 saturated heterocycles. The second kappa shape index (κ2) is 3.93. The average molecular weight is 215 g/mol. The first-order chi connectivity index (χ1) is 7.58. The van der Waals surface area contributed by atoms with Gasteiger partial charge in [-0.15, -0.1) is 0 Å². The third-order valence-corrected chi connectivity index (χ3v) is 2.73. The summed E-state index contributed by atoms with van der Waals surface area (Å²) in [5, 5.41) is 0. The fourth-order valence-corrected chi connectivity index (χ4v) is 1.78. The van der Waals surface area contributed by atoms with Crippen LogP contribution in [0.15, 0.2) is 30.4 Å². The molecule has 0 N–H and O–H groups in total. The van der Waals surface area contributed by atoms with Gasteiger partial charge < -0.3 is 0 Å². The SMILES string of the molecule is Cc1ccc(CN2C(=O)C=CC2=O)c(C)c1. The van der Waals surface area contributed by atoms with E-state index in [1.54, 1.807) is 0 Å². The second-order valence-corrected chi connectivity index (χ2v) is 4.03. The van der Waals surface area contributed by atoms with Crippen molar-refractivity contribution in [1.29, 1.82) is 0 Å². The molecule has 0 aromatic heterocycles. The highest BCUT2D eigenvalue weighted by molar-refractivity contribution is 6.12. The molecule has 16 heavy (non-hydrogen) atoms. The van der Waals surface area contributed by atoms with Gasteiger partial charge in [0.05, 0.1) is 6.54 Å². The zero-order chi connectivity index (χ0) is 11.7. The van der Waals surface area contributed by atoms with Gasteiger partial charge in [-0.25, -0.2) is 0 Å². The number of nitrogens with zero attached hydrogens (tertiary/aromatic N) is 1. The number of carbonyl (C=O) groups is 2. The Morgan fingerprint density at radius 1 is 1.06 bits per heavy atom. The normalized spacial score (nSPS) is 15.0. The molecular formula is C13H13NO2. The van der Waals surface area contributed by atoms with Crippen molar-refractivity contribution in [3.05, 3.63) is 47.0 Å². The molecule has 0 aliphatic carbocycles. The summed E-state index contributed by atoms with van der Waals surface area (Å²) in [4.78, 5) is 24.0. The third kappa shape index (κ3) is 1.89.